The molecule has 1 aromatic rings. The molecule has 18 heavy (non-hydrogen) atoms. The zero-order chi connectivity index (χ0) is 14.2. The van der Waals surface area contributed by atoms with Gasteiger partial charge in [0.1, 0.15) is 5.75 Å². The quantitative estimate of drug-likeness (QED) is 0.821. The van der Waals surface area contributed by atoms with Gasteiger partial charge in [-0.25, -0.2) is 4.57 Å². The van der Waals surface area contributed by atoms with Crippen molar-refractivity contribution in [2.45, 2.75) is 52.9 Å². The maximum atomic E-state index is 10.4. The molecule has 0 spiro atoms. The molecule has 0 aromatic heterocycles. The Morgan fingerprint density at radius 3 is 1.83 bits per heavy atom. The van der Waals surface area contributed by atoms with Gasteiger partial charge in [0.05, 0.1) is 0 Å². The van der Waals surface area contributed by atoms with Crippen molar-refractivity contribution in [3.8, 4) is 5.75 Å². The van der Waals surface area contributed by atoms with Crippen LogP contribution < -0.4 is 4.52 Å². The minimum atomic E-state index is -2.88. The Morgan fingerprint density at radius 2 is 1.56 bits per heavy atom. The second-order valence-electron chi connectivity index (χ2n) is 5.14. The third kappa shape index (κ3) is 7.52. The lowest BCUT2D eigenvalue weighted by atomic mass is 9.87. The fourth-order valence-electron chi connectivity index (χ4n) is 1.12. The van der Waals surface area contributed by atoms with Gasteiger partial charge in [0, 0.05) is 0 Å². The summed E-state index contributed by atoms with van der Waals surface area (Å²) in [6.45, 7) is 10.7. The van der Waals surface area contributed by atoms with Crippen molar-refractivity contribution in [3.05, 3.63) is 29.8 Å². The predicted octanol–water partition coefficient (Wildman–Crippen LogP) is 4.55. The Kier molecular flexibility index (Phi) is 7.97. The molecule has 0 fully saturated rings. The Labute approximate surface area is 111 Å². The van der Waals surface area contributed by atoms with E-state index < -0.39 is 8.25 Å². The molecule has 0 aliphatic rings. The monoisotopic (exact) mass is 272 g/mol. The maximum Gasteiger partial charge on any atom is 0.365 e. The van der Waals surface area contributed by atoms with E-state index in [0.29, 0.717) is 5.75 Å². The molecule has 3 nitrogen and oxygen atoms in total. The van der Waals surface area contributed by atoms with Crippen LogP contribution in [0.1, 0.15) is 53.0 Å². The van der Waals surface area contributed by atoms with Crippen LogP contribution in [0.25, 0.3) is 0 Å². The first-order valence-electron chi connectivity index (χ1n) is 6.32. The Hall–Kier alpha value is -0.790. The highest BCUT2D eigenvalue weighted by molar-refractivity contribution is 7.32. The molecule has 1 N–H and O–H groups in total. The predicted molar refractivity (Wildman–Crippen MR) is 77.6 cm³/mol. The molecule has 0 aliphatic heterocycles. The van der Waals surface area contributed by atoms with Crippen molar-refractivity contribution in [1.82, 2.24) is 0 Å². The highest BCUT2D eigenvalue weighted by atomic mass is 31.1. The Bertz CT molecular complexity index is 350. The minimum absolute atomic E-state index is 0.0863. The first-order valence-corrected chi connectivity index (χ1v) is 7.59. The van der Waals surface area contributed by atoms with Gasteiger partial charge in [-0.2, -0.15) is 0 Å². The lowest BCUT2D eigenvalue weighted by molar-refractivity contribution is 0.410. The van der Waals surface area contributed by atoms with E-state index in [9.17, 15) is 4.57 Å². The van der Waals surface area contributed by atoms with Gasteiger partial charge < -0.3 is 9.42 Å². The molecule has 0 radical (unpaired) electrons. The SMILES string of the molecule is CC(C)(C)c1ccc(O[PH](=O)O)cc1.CCCC. The molecule has 1 rings (SSSR count). The van der Waals surface area contributed by atoms with Crippen molar-refractivity contribution >= 4 is 8.25 Å². The topological polar surface area (TPSA) is 46.5 Å². The lowest BCUT2D eigenvalue weighted by Gasteiger charge is -2.18. The summed E-state index contributed by atoms with van der Waals surface area (Å²) in [7, 11) is -2.88. The Balaban J connectivity index is 0.000000631. The molecule has 1 atom stereocenters. The van der Waals surface area contributed by atoms with E-state index >= 15 is 0 Å². The minimum Gasteiger partial charge on any atom is -0.426 e. The van der Waals surface area contributed by atoms with Gasteiger partial charge in [0.25, 0.3) is 0 Å². The van der Waals surface area contributed by atoms with Gasteiger partial charge in [-0.15, -0.1) is 0 Å². The first-order chi connectivity index (χ1) is 8.31. The lowest BCUT2D eigenvalue weighted by Crippen LogP contribution is -2.10. The molecule has 0 aliphatic carbocycles. The zero-order valence-corrected chi connectivity index (χ0v) is 13.0. The normalized spacial score (nSPS) is 12.3. The van der Waals surface area contributed by atoms with Crippen LogP contribution in [0.5, 0.6) is 5.75 Å². The van der Waals surface area contributed by atoms with Crippen molar-refractivity contribution < 1.29 is 14.0 Å². The highest BCUT2D eigenvalue weighted by Crippen LogP contribution is 2.27. The average Bonchev–Trinajstić information content (AvgIpc) is 2.28. The van der Waals surface area contributed by atoms with E-state index in [1.165, 1.54) is 18.4 Å². The molecule has 1 unspecified atom stereocenters. The van der Waals surface area contributed by atoms with Crippen LogP contribution in [0.4, 0.5) is 0 Å². The third-order valence-electron chi connectivity index (χ3n) is 2.43. The summed E-state index contributed by atoms with van der Waals surface area (Å²) >= 11 is 0. The fraction of sp³-hybridized carbons (Fsp3) is 0.571. The van der Waals surface area contributed by atoms with Gasteiger partial charge in [0.15, 0.2) is 0 Å². The molecular formula is C14H25O3P. The summed E-state index contributed by atoms with van der Waals surface area (Å²) in [5.41, 5.74) is 1.26. The summed E-state index contributed by atoms with van der Waals surface area (Å²) in [5.74, 6) is 0.435. The summed E-state index contributed by atoms with van der Waals surface area (Å²) in [4.78, 5) is 8.56. The Morgan fingerprint density at radius 1 is 1.11 bits per heavy atom. The number of rotatable bonds is 3. The van der Waals surface area contributed by atoms with Crippen molar-refractivity contribution in [1.29, 1.82) is 0 Å². The molecule has 104 valence electrons. The van der Waals surface area contributed by atoms with Crippen LogP contribution in [0, 0.1) is 0 Å². The summed E-state index contributed by atoms with van der Waals surface area (Å²) in [6.07, 6.45) is 2.64. The van der Waals surface area contributed by atoms with E-state index in [2.05, 4.69) is 39.1 Å². The molecular weight excluding hydrogens is 247 g/mol. The summed E-state index contributed by atoms with van der Waals surface area (Å²) in [6, 6.07) is 7.22. The largest absolute Gasteiger partial charge is 0.426 e. The summed E-state index contributed by atoms with van der Waals surface area (Å²) < 4.78 is 15.1. The summed E-state index contributed by atoms with van der Waals surface area (Å²) in [5, 5.41) is 0. The van der Waals surface area contributed by atoms with Crippen molar-refractivity contribution in [2.75, 3.05) is 0 Å². The van der Waals surface area contributed by atoms with E-state index in [4.69, 9.17) is 4.89 Å². The van der Waals surface area contributed by atoms with Gasteiger partial charge in [0.2, 0.25) is 0 Å². The second kappa shape index (κ2) is 8.34. The highest BCUT2D eigenvalue weighted by Gasteiger charge is 2.12. The number of hydrogen-bond acceptors (Lipinski definition) is 2. The molecule has 0 saturated heterocycles. The van der Waals surface area contributed by atoms with E-state index in [0.717, 1.165) is 0 Å². The van der Waals surface area contributed by atoms with Gasteiger partial charge in [-0.1, -0.05) is 59.6 Å². The van der Waals surface area contributed by atoms with Crippen molar-refractivity contribution in [3.63, 3.8) is 0 Å². The molecule has 0 saturated carbocycles. The van der Waals surface area contributed by atoms with Crippen LogP contribution >= 0.6 is 8.25 Å². The first kappa shape index (κ1) is 17.2. The van der Waals surface area contributed by atoms with Gasteiger partial charge >= 0.3 is 8.25 Å². The maximum absolute atomic E-state index is 10.4. The fourth-order valence-corrected chi connectivity index (χ4v) is 1.46. The molecule has 4 heteroatoms. The van der Waals surface area contributed by atoms with Crippen LogP contribution in [-0.4, -0.2) is 4.89 Å². The smallest absolute Gasteiger partial charge is 0.365 e. The molecule has 0 amide bonds. The van der Waals surface area contributed by atoms with Gasteiger partial charge in [-0.05, 0) is 23.1 Å². The average molecular weight is 272 g/mol. The van der Waals surface area contributed by atoms with E-state index in [-0.39, 0.29) is 5.41 Å². The molecule has 0 heterocycles. The second-order valence-corrected chi connectivity index (χ2v) is 5.88. The number of unbranched alkanes of at least 4 members (excludes halogenated alkanes) is 1. The zero-order valence-electron chi connectivity index (χ0n) is 12.0. The van der Waals surface area contributed by atoms with E-state index in [1.807, 2.05) is 12.1 Å². The van der Waals surface area contributed by atoms with Crippen LogP contribution in [-0.2, 0) is 9.98 Å². The van der Waals surface area contributed by atoms with Gasteiger partial charge in [-0.3, -0.25) is 0 Å². The third-order valence-corrected chi connectivity index (χ3v) is 2.84. The van der Waals surface area contributed by atoms with Crippen LogP contribution in [0.15, 0.2) is 24.3 Å². The van der Waals surface area contributed by atoms with Crippen molar-refractivity contribution in [2.24, 2.45) is 0 Å². The standard InChI is InChI=1S/C10H15O3P.C4H10/c1-10(2,3)8-4-6-9(7-5-8)13-14(11)12;1-3-4-2/h4-7,14H,1-3H3,(H,11,12);3-4H2,1-2H3. The van der Waals surface area contributed by atoms with Crippen LogP contribution in [0.2, 0.25) is 0 Å². The molecule has 0 bridgehead atoms. The molecule has 1 aromatic carbocycles. The number of hydrogen-bond donors (Lipinski definition) is 1. The van der Waals surface area contributed by atoms with E-state index in [1.54, 1.807) is 12.1 Å². The number of benzene rings is 1. The van der Waals surface area contributed by atoms with Crippen LogP contribution in [0.3, 0.4) is 0 Å².